The lowest BCUT2D eigenvalue weighted by molar-refractivity contribution is -0.137. The van der Waals surface area contributed by atoms with Crippen molar-refractivity contribution in [3.05, 3.63) is 101 Å². The number of fused-ring (bicyclic) bond motifs is 1. The van der Waals surface area contributed by atoms with Crippen molar-refractivity contribution in [2.75, 3.05) is 6.54 Å². The number of aromatic nitrogens is 2. The monoisotopic (exact) mass is 547 g/mol. The third kappa shape index (κ3) is 6.43. The van der Waals surface area contributed by atoms with Crippen molar-refractivity contribution >= 4 is 40.2 Å². The predicted octanol–water partition coefficient (Wildman–Crippen LogP) is 4.07. The second kappa shape index (κ2) is 11.7. The molecule has 1 fully saturated rings. The molecule has 1 aliphatic rings. The fourth-order valence-corrected chi connectivity index (χ4v) is 4.58. The summed E-state index contributed by atoms with van der Waals surface area (Å²) in [6.07, 6.45) is 5.15. The molecule has 4 aromatic rings. The van der Waals surface area contributed by atoms with Gasteiger partial charge in [-0.3, -0.25) is 19.4 Å². The molecule has 200 valence electrons. The van der Waals surface area contributed by atoms with Crippen LogP contribution >= 0.6 is 11.6 Å². The Kier molecular flexibility index (Phi) is 7.88. The number of benzene rings is 2. The summed E-state index contributed by atoms with van der Waals surface area (Å²) < 4.78 is 15.9. The number of hydrogen-bond donors (Lipinski definition) is 2. The number of nitrogens with zero attached hydrogens (tertiary/aromatic N) is 3. The molecule has 0 saturated heterocycles. The molecular formula is C29H27ClFN5O3. The number of pyridine rings is 1. The van der Waals surface area contributed by atoms with Gasteiger partial charge in [-0.2, -0.15) is 0 Å². The summed E-state index contributed by atoms with van der Waals surface area (Å²) in [6.45, 7) is 0.261. The Balaban J connectivity index is 1.20. The van der Waals surface area contributed by atoms with Crippen LogP contribution < -0.4 is 10.6 Å². The summed E-state index contributed by atoms with van der Waals surface area (Å²) >= 11 is 5.81. The zero-order valence-corrected chi connectivity index (χ0v) is 21.8. The minimum absolute atomic E-state index is 0.00674. The number of hydrogen-bond acceptors (Lipinski definition) is 4. The summed E-state index contributed by atoms with van der Waals surface area (Å²) in [5.41, 5.74) is 2.36. The van der Waals surface area contributed by atoms with E-state index in [1.807, 2.05) is 34.9 Å². The highest BCUT2D eigenvalue weighted by Gasteiger charge is 2.34. The van der Waals surface area contributed by atoms with Gasteiger partial charge in [-0.25, -0.2) is 4.39 Å². The molecule has 0 bridgehead atoms. The lowest BCUT2D eigenvalue weighted by atomic mass is 10.1. The average Bonchev–Trinajstić information content (AvgIpc) is 3.72. The summed E-state index contributed by atoms with van der Waals surface area (Å²) in [5, 5.41) is 6.36. The highest BCUT2D eigenvalue weighted by Crippen LogP contribution is 2.27. The van der Waals surface area contributed by atoms with Crippen LogP contribution in [-0.2, 0) is 29.2 Å². The maximum Gasteiger partial charge on any atom is 0.251 e. The molecule has 2 heterocycles. The minimum Gasteiger partial charge on any atom is -0.350 e. The molecule has 2 aromatic carbocycles. The van der Waals surface area contributed by atoms with Crippen molar-refractivity contribution in [3.63, 3.8) is 0 Å². The molecule has 3 amide bonds. The molecule has 0 spiro atoms. The number of amides is 3. The van der Waals surface area contributed by atoms with Crippen LogP contribution in [0.1, 0.15) is 34.5 Å². The van der Waals surface area contributed by atoms with E-state index in [1.165, 1.54) is 6.07 Å². The summed E-state index contributed by atoms with van der Waals surface area (Å²) in [6, 6.07) is 17.3. The van der Waals surface area contributed by atoms with Gasteiger partial charge in [0, 0.05) is 47.0 Å². The van der Waals surface area contributed by atoms with Crippen LogP contribution in [0, 0.1) is 5.82 Å². The Morgan fingerprint density at radius 1 is 1.03 bits per heavy atom. The van der Waals surface area contributed by atoms with Crippen molar-refractivity contribution < 1.29 is 18.8 Å². The van der Waals surface area contributed by atoms with Crippen molar-refractivity contribution in [1.82, 2.24) is 25.1 Å². The Morgan fingerprint density at radius 3 is 2.64 bits per heavy atom. The molecule has 2 N–H and O–H groups in total. The Morgan fingerprint density at radius 2 is 1.87 bits per heavy atom. The second-order valence-electron chi connectivity index (χ2n) is 9.46. The quantitative estimate of drug-likeness (QED) is 0.313. The number of nitrogens with one attached hydrogen (secondary N) is 2. The first-order valence-electron chi connectivity index (χ1n) is 12.6. The molecule has 0 atom stereocenters. The molecule has 8 nitrogen and oxygen atoms in total. The van der Waals surface area contributed by atoms with Crippen molar-refractivity contribution in [2.45, 2.75) is 38.5 Å². The summed E-state index contributed by atoms with van der Waals surface area (Å²) in [7, 11) is 0. The summed E-state index contributed by atoms with van der Waals surface area (Å²) in [4.78, 5) is 44.2. The Labute approximate surface area is 229 Å². The van der Waals surface area contributed by atoms with Crippen LogP contribution in [0.2, 0.25) is 5.02 Å². The summed E-state index contributed by atoms with van der Waals surface area (Å²) in [5.74, 6) is -1.33. The van der Waals surface area contributed by atoms with E-state index in [0.717, 1.165) is 29.4 Å². The molecular weight excluding hydrogens is 521 g/mol. The van der Waals surface area contributed by atoms with E-state index >= 15 is 0 Å². The van der Waals surface area contributed by atoms with Crippen molar-refractivity contribution in [3.8, 4) is 0 Å². The highest BCUT2D eigenvalue weighted by molar-refractivity contribution is 6.30. The molecule has 5 rings (SSSR count). The largest absolute Gasteiger partial charge is 0.350 e. The van der Waals surface area contributed by atoms with Gasteiger partial charge in [-0.05, 0) is 55.3 Å². The van der Waals surface area contributed by atoms with Gasteiger partial charge in [-0.1, -0.05) is 29.8 Å². The number of carbonyl (C=O) groups excluding carboxylic acids is 3. The van der Waals surface area contributed by atoms with E-state index in [1.54, 1.807) is 41.6 Å². The molecule has 0 aliphatic heterocycles. The Hall–Kier alpha value is -4.24. The molecule has 1 aliphatic carbocycles. The Bertz CT molecular complexity index is 1520. The van der Waals surface area contributed by atoms with Gasteiger partial charge in [0.25, 0.3) is 5.91 Å². The molecule has 0 radical (unpaired) electrons. The first-order valence-corrected chi connectivity index (χ1v) is 13.0. The number of carbonyl (C=O) groups is 3. The van der Waals surface area contributed by atoms with E-state index in [0.29, 0.717) is 12.1 Å². The van der Waals surface area contributed by atoms with Crippen LogP contribution in [0.3, 0.4) is 0 Å². The van der Waals surface area contributed by atoms with E-state index in [4.69, 9.17) is 11.6 Å². The number of halogens is 2. The van der Waals surface area contributed by atoms with E-state index in [9.17, 15) is 18.8 Å². The van der Waals surface area contributed by atoms with E-state index in [-0.39, 0.29) is 54.0 Å². The molecule has 1 saturated carbocycles. The van der Waals surface area contributed by atoms with Gasteiger partial charge in [0.1, 0.15) is 12.4 Å². The fraction of sp³-hybridized carbons (Fsp3) is 0.241. The van der Waals surface area contributed by atoms with E-state index < -0.39 is 5.82 Å². The van der Waals surface area contributed by atoms with Gasteiger partial charge in [-0.15, -0.1) is 0 Å². The predicted molar refractivity (Wildman–Crippen MR) is 145 cm³/mol. The molecule has 10 heteroatoms. The number of rotatable bonds is 10. The standard InChI is InChI=1S/C29H27ClFN5O3/c30-24-6-3-4-21(28(24)31)15-33-26(37)17-36(23-8-9-23)27(38)18-35-13-11-19-14-20(7-10-25(19)35)29(39)34-16-22-5-1-2-12-32-22/h1-7,10-14,23H,8-9,15-18H2,(H,33,37)(H,34,39). The third-order valence-corrected chi connectivity index (χ3v) is 6.92. The van der Waals surface area contributed by atoms with Gasteiger partial charge < -0.3 is 20.1 Å². The first-order chi connectivity index (χ1) is 18.9. The SMILES string of the molecule is O=C(CN(C(=O)Cn1ccc2cc(C(=O)NCc3ccccn3)ccc21)C1CC1)NCc1cccc(Cl)c1F. The minimum atomic E-state index is -0.567. The molecule has 39 heavy (non-hydrogen) atoms. The smallest absolute Gasteiger partial charge is 0.251 e. The maximum absolute atomic E-state index is 14.1. The third-order valence-electron chi connectivity index (χ3n) is 6.62. The first kappa shape index (κ1) is 26.4. The van der Waals surface area contributed by atoms with E-state index in [2.05, 4.69) is 15.6 Å². The zero-order valence-electron chi connectivity index (χ0n) is 21.1. The highest BCUT2D eigenvalue weighted by atomic mass is 35.5. The van der Waals surface area contributed by atoms with Crippen LogP contribution in [-0.4, -0.2) is 44.8 Å². The zero-order chi connectivity index (χ0) is 27.4. The van der Waals surface area contributed by atoms with Gasteiger partial charge in [0.15, 0.2) is 0 Å². The second-order valence-corrected chi connectivity index (χ2v) is 9.87. The lowest BCUT2D eigenvalue weighted by Crippen LogP contribution is -2.43. The van der Waals surface area contributed by atoms with Crippen LogP contribution in [0.5, 0.6) is 0 Å². The van der Waals surface area contributed by atoms with Crippen LogP contribution in [0.15, 0.2) is 73.1 Å². The van der Waals surface area contributed by atoms with Crippen molar-refractivity contribution in [1.29, 1.82) is 0 Å². The molecule has 2 aromatic heterocycles. The van der Waals surface area contributed by atoms with Gasteiger partial charge in [0.05, 0.1) is 23.8 Å². The topological polar surface area (TPSA) is 96.3 Å². The van der Waals surface area contributed by atoms with Gasteiger partial charge in [0.2, 0.25) is 11.8 Å². The van der Waals surface area contributed by atoms with Crippen LogP contribution in [0.4, 0.5) is 4.39 Å². The maximum atomic E-state index is 14.1. The van der Waals surface area contributed by atoms with Crippen LogP contribution in [0.25, 0.3) is 10.9 Å². The normalized spacial score (nSPS) is 12.8. The average molecular weight is 548 g/mol. The van der Waals surface area contributed by atoms with Gasteiger partial charge >= 0.3 is 0 Å². The van der Waals surface area contributed by atoms with Crippen molar-refractivity contribution in [2.24, 2.45) is 0 Å². The fourth-order valence-electron chi connectivity index (χ4n) is 4.39. The molecule has 0 unspecified atom stereocenters. The lowest BCUT2D eigenvalue weighted by Gasteiger charge is -2.22.